The summed E-state index contributed by atoms with van der Waals surface area (Å²) < 4.78 is 30.8. The van der Waals surface area contributed by atoms with Crippen LogP contribution in [0.2, 0.25) is 0 Å². The van der Waals surface area contributed by atoms with Crippen LogP contribution in [0.4, 0.5) is 0 Å². The zero-order valence-corrected chi connectivity index (χ0v) is 10.8. The van der Waals surface area contributed by atoms with Crippen molar-refractivity contribution in [2.24, 2.45) is 0 Å². The van der Waals surface area contributed by atoms with Crippen LogP contribution in [0.5, 0.6) is 0 Å². The monoisotopic (exact) mass is 275 g/mol. The average molecular weight is 275 g/mol. The van der Waals surface area contributed by atoms with Gasteiger partial charge in [0.05, 0.1) is 10.1 Å². The van der Waals surface area contributed by atoms with Gasteiger partial charge in [-0.25, -0.2) is 8.42 Å². The Hall–Kier alpha value is 0.429. The van der Waals surface area contributed by atoms with Crippen LogP contribution in [0.25, 0.3) is 0 Å². The molecule has 0 radical (unpaired) electrons. The van der Waals surface area contributed by atoms with E-state index < -0.39 is 15.4 Å². The summed E-state index contributed by atoms with van der Waals surface area (Å²) in [6, 6.07) is 0. The van der Waals surface area contributed by atoms with Crippen LogP contribution in [0.15, 0.2) is 0 Å². The second-order valence-electron chi connectivity index (χ2n) is 4.17. The zero-order valence-electron chi connectivity index (χ0n) is 8.93. The van der Waals surface area contributed by atoms with E-state index in [-0.39, 0.29) is 17.1 Å². The van der Waals surface area contributed by atoms with Gasteiger partial charge in [-0.1, -0.05) is 44.9 Å². The van der Waals surface area contributed by atoms with Gasteiger partial charge in [-0.05, 0) is 12.8 Å². The van der Waals surface area contributed by atoms with Gasteiger partial charge in [0.25, 0.3) is 0 Å². The summed E-state index contributed by atoms with van der Waals surface area (Å²) >= 11 is 0. The van der Waals surface area contributed by atoms with E-state index in [9.17, 15) is 13.0 Å². The first-order valence-corrected chi connectivity index (χ1v) is 7.02. The maximum Gasteiger partial charge on any atom is 0.0975 e. The van der Waals surface area contributed by atoms with Crippen molar-refractivity contribution in [1.29, 1.82) is 0 Å². The molecule has 5 heteroatoms. The van der Waals surface area contributed by atoms with Gasteiger partial charge in [0.15, 0.2) is 0 Å². The summed E-state index contributed by atoms with van der Waals surface area (Å²) in [4.78, 5) is 0. The molecule has 15 heavy (non-hydrogen) atoms. The maximum atomic E-state index is 10.3. The minimum Gasteiger partial charge on any atom is -0.748 e. The van der Waals surface area contributed by atoms with E-state index in [2.05, 4.69) is 0 Å². The van der Waals surface area contributed by atoms with E-state index in [0.29, 0.717) is 12.8 Å². The van der Waals surface area contributed by atoms with Crippen molar-refractivity contribution in [1.82, 2.24) is 0 Å². The van der Waals surface area contributed by atoms with Gasteiger partial charge >= 0.3 is 0 Å². The fourth-order valence-electron chi connectivity index (χ4n) is 2.06. The molecule has 0 spiro atoms. The summed E-state index contributed by atoms with van der Waals surface area (Å²) in [7, 11) is -3.95. The quantitative estimate of drug-likeness (QED) is 0.545. The van der Waals surface area contributed by atoms with Crippen molar-refractivity contribution in [3.05, 3.63) is 0 Å². The largest absolute Gasteiger partial charge is 0.748 e. The topological polar surface area (TPSA) is 57.2 Å². The van der Waals surface area contributed by atoms with Gasteiger partial charge in [-0.2, -0.15) is 0 Å². The third-order valence-corrected chi connectivity index (χ3v) is 4.25. The molecule has 2 rings (SSSR count). The van der Waals surface area contributed by atoms with Crippen LogP contribution >= 0.6 is 0 Å². The van der Waals surface area contributed by atoms with E-state index in [1.165, 1.54) is 32.1 Å². The SMILES string of the molecule is C1CCCC1.O=S(=O)([O-])C1CCCC1.[Fe]. The zero-order chi connectivity index (χ0) is 10.4. The van der Waals surface area contributed by atoms with Crippen molar-refractivity contribution in [3.63, 3.8) is 0 Å². The average Bonchev–Trinajstić information content (AvgIpc) is 2.80. The molecule has 92 valence electrons. The summed E-state index contributed by atoms with van der Waals surface area (Å²) in [6.45, 7) is 0. The molecule has 0 unspecified atom stereocenters. The molecular formula is C10H19FeO3S-. The molecule has 2 aliphatic carbocycles. The summed E-state index contributed by atoms with van der Waals surface area (Å²) in [5, 5.41) is -0.572. The van der Waals surface area contributed by atoms with Crippen LogP contribution in [0, 0.1) is 0 Å². The van der Waals surface area contributed by atoms with Crippen molar-refractivity contribution in [2.45, 2.75) is 63.0 Å². The molecule has 0 saturated heterocycles. The Labute approximate surface area is 103 Å². The summed E-state index contributed by atoms with van der Waals surface area (Å²) in [6.07, 6.45) is 10.4. The molecular weight excluding hydrogens is 256 g/mol. The number of hydrogen-bond acceptors (Lipinski definition) is 3. The van der Waals surface area contributed by atoms with Crippen LogP contribution < -0.4 is 0 Å². The number of hydrogen-bond donors (Lipinski definition) is 0. The van der Waals surface area contributed by atoms with Gasteiger partial charge in [-0.3, -0.25) is 0 Å². The molecule has 3 nitrogen and oxygen atoms in total. The van der Waals surface area contributed by atoms with E-state index in [1.807, 2.05) is 0 Å². The molecule has 0 heterocycles. The third kappa shape index (κ3) is 6.56. The maximum absolute atomic E-state index is 10.3. The minimum atomic E-state index is -3.95. The summed E-state index contributed by atoms with van der Waals surface area (Å²) in [5.74, 6) is 0. The van der Waals surface area contributed by atoms with Gasteiger partial charge in [0.1, 0.15) is 0 Å². The van der Waals surface area contributed by atoms with Crippen LogP contribution in [-0.4, -0.2) is 18.2 Å². The van der Waals surface area contributed by atoms with E-state index in [4.69, 9.17) is 0 Å². The van der Waals surface area contributed by atoms with E-state index in [1.54, 1.807) is 0 Å². The molecule has 0 aromatic heterocycles. The normalized spacial score (nSPS) is 21.7. The molecule has 0 aromatic carbocycles. The molecule has 0 atom stereocenters. The van der Waals surface area contributed by atoms with Gasteiger partial charge in [0.2, 0.25) is 0 Å². The Morgan fingerprint density at radius 1 is 0.800 bits per heavy atom. The van der Waals surface area contributed by atoms with Crippen molar-refractivity contribution in [3.8, 4) is 0 Å². The van der Waals surface area contributed by atoms with Gasteiger partial charge in [-0.15, -0.1) is 0 Å². The van der Waals surface area contributed by atoms with Gasteiger partial charge < -0.3 is 4.55 Å². The third-order valence-electron chi connectivity index (χ3n) is 2.96. The predicted octanol–water partition coefficient (Wildman–Crippen LogP) is 2.42. The van der Waals surface area contributed by atoms with E-state index >= 15 is 0 Å². The van der Waals surface area contributed by atoms with Crippen molar-refractivity contribution >= 4 is 10.1 Å². The smallest absolute Gasteiger partial charge is 0.0975 e. The molecule has 2 fully saturated rings. The van der Waals surface area contributed by atoms with Crippen LogP contribution in [-0.2, 0) is 27.2 Å². The molecule has 2 aliphatic rings. The Balaban J connectivity index is 0.000000280. The Kier molecular flexibility index (Phi) is 7.88. The Bertz CT molecular complexity index is 234. The molecule has 0 N–H and O–H groups in total. The van der Waals surface area contributed by atoms with Crippen LogP contribution in [0.3, 0.4) is 0 Å². The molecule has 0 bridgehead atoms. The van der Waals surface area contributed by atoms with Gasteiger partial charge in [0, 0.05) is 22.3 Å². The molecule has 0 aromatic rings. The fraction of sp³-hybridized carbons (Fsp3) is 1.00. The second kappa shape index (κ2) is 7.66. The fourth-order valence-corrected chi connectivity index (χ4v) is 2.97. The second-order valence-corrected chi connectivity index (χ2v) is 5.82. The van der Waals surface area contributed by atoms with Crippen molar-refractivity contribution in [2.75, 3.05) is 0 Å². The van der Waals surface area contributed by atoms with Crippen LogP contribution in [0.1, 0.15) is 57.8 Å². The summed E-state index contributed by atoms with van der Waals surface area (Å²) in [5.41, 5.74) is 0. The first-order chi connectivity index (χ1) is 6.61. The number of rotatable bonds is 1. The Morgan fingerprint density at radius 3 is 1.33 bits per heavy atom. The predicted molar refractivity (Wildman–Crippen MR) is 55.0 cm³/mol. The molecule has 0 amide bonds. The first kappa shape index (κ1) is 15.4. The molecule has 0 aliphatic heterocycles. The first-order valence-electron chi connectivity index (χ1n) is 5.55. The Morgan fingerprint density at radius 2 is 1.13 bits per heavy atom. The standard InChI is InChI=1S/C5H10O3S.C5H10.Fe/c6-9(7,8)5-3-1-2-4-5;1-2-4-5-3-1;/h5H,1-4H2,(H,6,7,8);1-5H2;/p-1. The van der Waals surface area contributed by atoms with Crippen molar-refractivity contribution < 1.29 is 30.0 Å². The molecule has 2 saturated carbocycles. The van der Waals surface area contributed by atoms with E-state index in [0.717, 1.165) is 12.8 Å². The minimum absolute atomic E-state index is 0.